The molecule has 1 aliphatic rings. The third-order valence-corrected chi connectivity index (χ3v) is 3.03. The van der Waals surface area contributed by atoms with E-state index in [2.05, 4.69) is 19.6 Å². The summed E-state index contributed by atoms with van der Waals surface area (Å²) in [6.07, 6.45) is 5.56. The second-order valence-electron chi connectivity index (χ2n) is 4.24. The van der Waals surface area contributed by atoms with Crippen LogP contribution in [0.15, 0.2) is 0 Å². The molecule has 0 radical (unpaired) electrons. The Balaban J connectivity index is 0. The van der Waals surface area contributed by atoms with Gasteiger partial charge in [0.05, 0.1) is 0 Å². The van der Waals surface area contributed by atoms with Crippen molar-refractivity contribution in [2.24, 2.45) is 0 Å². The van der Waals surface area contributed by atoms with Crippen molar-refractivity contribution in [2.75, 3.05) is 0 Å². The van der Waals surface area contributed by atoms with Crippen LogP contribution in [0, 0.1) is 0 Å². The molecule has 0 unspecified atom stereocenters. The van der Waals surface area contributed by atoms with Crippen molar-refractivity contribution in [1.29, 1.82) is 0 Å². The fourth-order valence-electron chi connectivity index (χ4n) is 1.58. The van der Waals surface area contributed by atoms with Gasteiger partial charge < -0.3 is 17.4 Å². The van der Waals surface area contributed by atoms with E-state index < -0.39 is 8.24 Å². The molecule has 12 heavy (non-hydrogen) atoms. The predicted octanol–water partition coefficient (Wildman–Crippen LogP) is 0.139. The van der Waals surface area contributed by atoms with Crippen LogP contribution in [0.1, 0.15) is 25.7 Å². The topological polar surface area (TPSA) is 14.1 Å². The third-order valence-electron chi connectivity index (χ3n) is 1.89. The van der Waals surface area contributed by atoms with E-state index in [-0.39, 0.29) is 38.6 Å². The van der Waals surface area contributed by atoms with Crippen LogP contribution < -0.4 is 12.4 Å². The van der Waals surface area contributed by atoms with Crippen molar-refractivity contribution >= 4 is 8.24 Å². The number of hydrogen-bond acceptors (Lipinski definition) is 0. The zero-order valence-electron chi connectivity index (χ0n) is 8.23. The van der Waals surface area contributed by atoms with Crippen LogP contribution >= 0.6 is 0 Å². The first kappa shape index (κ1) is 15.8. The quantitative estimate of drug-likeness (QED) is 0.640. The van der Waals surface area contributed by atoms with Crippen LogP contribution in [0.25, 0.3) is 4.98 Å². The first-order chi connectivity index (χ1) is 4.58. The van der Waals surface area contributed by atoms with E-state index in [1.54, 1.807) is 0 Å². The summed E-state index contributed by atoms with van der Waals surface area (Å²) in [6, 6.07) is 0.742. The minimum Gasteiger partial charge on any atom is -1.00 e. The number of halogens is 1. The molecule has 4 heteroatoms. The summed E-state index contributed by atoms with van der Waals surface area (Å²) in [5.74, 6) is 0. The van der Waals surface area contributed by atoms with Crippen LogP contribution in [0.5, 0.6) is 0 Å². The predicted molar refractivity (Wildman–Crippen MR) is 49.0 cm³/mol. The maximum atomic E-state index is 4.85. The molecule has 0 atom stereocenters. The largest absolute Gasteiger partial charge is 2.00 e. The normalized spacial score (nSPS) is 18.2. The zero-order valence-corrected chi connectivity index (χ0v) is 12.4. The van der Waals surface area contributed by atoms with E-state index in [0.717, 1.165) is 6.04 Å². The average molecular weight is 283 g/mol. The fraction of sp³-hybridized carbons (Fsp3) is 1.00. The summed E-state index contributed by atoms with van der Waals surface area (Å²) in [7, 11) is -1.10. The Bertz CT molecular complexity index is 110. The van der Waals surface area contributed by atoms with Crippen LogP contribution in [0.4, 0.5) is 0 Å². The maximum Gasteiger partial charge on any atom is 2.00 e. The molecule has 1 aliphatic carbocycles. The summed E-state index contributed by atoms with van der Waals surface area (Å²) in [6.45, 7) is 6.97. The Morgan fingerprint density at radius 2 is 1.50 bits per heavy atom. The van der Waals surface area contributed by atoms with Crippen molar-refractivity contribution in [2.45, 2.75) is 51.4 Å². The summed E-state index contributed by atoms with van der Waals surface area (Å²) in [4.78, 5) is 4.85. The van der Waals surface area contributed by atoms with E-state index in [1.807, 2.05) is 0 Å². The number of rotatable bonds is 2. The molecule has 1 saturated carbocycles. The zero-order chi connectivity index (χ0) is 7.61. The number of hydrogen-bond donors (Lipinski definition) is 0. The van der Waals surface area contributed by atoms with Crippen LogP contribution in [-0.4, -0.2) is 14.3 Å². The molecule has 0 amide bonds. The molecule has 0 aromatic rings. The van der Waals surface area contributed by atoms with Gasteiger partial charge in [0.15, 0.2) is 0 Å². The van der Waals surface area contributed by atoms with Gasteiger partial charge in [0.1, 0.15) is 0 Å². The fourth-order valence-corrected chi connectivity index (χ4v) is 2.93. The summed E-state index contributed by atoms with van der Waals surface area (Å²) < 4.78 is 0. The Morgan fingerprint density at radius 3 is 1.83 bits per heavy atom. The molecule has 70 valence electrons. The second-order valence-corrected chi connectivity index (χ2v) is 8.84. The van der Waals surface area contributed by atoms with Crippen molar-refractivity contribution in [1.82, 2.24) is 0 Å². The minimum absolute atomic E-state index is 0. The molecule has 0 heterocycles. The molecule has 1 rings (SSSR count). The summed E-state index contributed by atoms with van der Waals surface area (Å²) in [5.41, 5.74) is 0. The van der Waals surface area contributed by atoms with Crippen molar-refractivity contribution in [3.05, 3.63) is 4.98 Å². The molecular weight excluding hydrogens is 265 g/mol. The van der Waals surface area contributed by atoms with E-state index >= 15 is 0 Å². The molecular formula is C8H18ClNSiZr. The molecule has 0 aromatic carbocycles. The van der Waals surface area contributed by atoms with Gasteiger partial charge in [-0.05, 0) is 0 Å². The van der Waals surface area contributed by atoms with Crippen LogP contribution in [0.2, 0.25) is 19.6 Å². The summed E-state index contributed by atoms with van der Waals surface area (Å²) in [5, 5.41) is 0. The molecule has 0 saturated heterocycles. The monoisotopic (exact) mass is 281 g/mol. The molecule has 1 fully saturated rings. The van der Waals surface area contributed by atoms with Gasteiger partial charge in [0.2, 0.25) is 0 Å². The van der Waals surface area contributed by atoms with Crippen molar-refractivity contribution in [3.63, 3.8) is 0 Å². The van der Waals surface area contributed by atoms with E-state index in [4.69, 9.17) is 4.98 Å². The van der Waals surface area contributed by atoms with E-state index in [1.165, 1.54) is 25.7 Å². The SMILES string of the molecule is C[Si](C)(C)[N-]C1CCCC1.[Cl-].[Zr+2]. The van der Waals surface area contributed by atoms with Crippen molar-refractivity contribution in [3.8, 4) is 0 Å². The molecule has 1 nitrogen and oxygen atoms in total. The molecule has 0 bridgehead atoms. The van der Waals surface area contributed by atoms with Crippen molar-refractivity contribution < 1.29 is 38.6 Å². The average Bonchev–Trinajstić information content (AvgIpc) is 2.12. The van der Waals surface area contributed by atoms with Gasteiger partial charge in [-0.3, -0.25) is 0 Å². The third kappa shape index (κ3) is 6.82. The van der Waals surface area contributed by atoms with Gasteiger partial charge in [0.25, 0.3) is 0 Å². The Labute approximate surface area is 103 Å². The molecule has 0 spiro atoms. The first-order valence-electron chi connectivity index (χ1n) is 4.30. The maximum absolute atomic E-state index is 4.85. The molecule has 0 aliphatic heterocycles. The first-order valence-corrected chi connectivity index (χ1v) is 7.75. The van der Waals surface area contributed by atoms with Gasteiger partial charge in [-0.1, -0.05) is 53.6 Å². The van der Waals surface area contributed by atoms with Gasteiger partial charge in [0, 0.05) is 0 Å². The van der Waals surface area contributed by atoms with Crippen LogP contribution in [-0.2, 0) is 26.2 Å². The van der Waals surface area contributed by atoms with E-state index in [9.17, 15) is 0 Å². The smallest absolute Gasteiger partial charge is 1.00 e. The standard InChI is InChI=1S/C8H18NSi.ClH.Zr/c1-10(2,3)9-8-6-4-5-7-8;;/h8H,4-7H2,1-3H3;1H;/q-1;;+2/p-1. The summed E-state index contributed by atoms with van der Waals surface area (Å²) >= 11 is 0. The van der Waals surface area contributed by atoms with Gasteiger partial charge in [-0.15, -0.1) is 6.04 Å². The van der Waals surface area contributed by atoms with Gasteiger partial charge >= 0.3 is 26.2 Å². The van der Waals surface area contributed by atoms with Crippen LogP contribution in [0.3, 0.4) is 0 Å². The number of nitrogens with zero attached hydrogens (tertiary/aromatic N) is 1. The second kappa shape index (κ2) is 6.75. The van der Waals surface area contributed by atoms with Gasteiger partial charge in [-0.2, -0.15) is 0 Å². The minimum atomic E-state index is -1.10. The van der Waals surface area contributed by atoms with Gasteiger partial charge in [-0.25, -0.2) is 0 Å². The Morgan fingerprint density at radius 1 is 1.08 bits per heavy atom. The van der Waals surface area contributed by atoms with E-state index in [0.29, 0.717) is 0 Å². The molecule has 0 N–H and O–H groups in total. The Kier molecular flexibility index (Phi) is 8.89. The Hall–Kier alpha value is 1.35. The molecule has 0 aromatic heterocycles.